The van der Waals surface area contributed by atoms with Crippen LogP contribution in [0.1, 0.15) is 65.2 Å². The maximum Gasteiger partial charge on any atom is 0.172 e. The number of allylic oxidation sites excluding steroid dienone is 3. The molecule has 5 atom stereocenters. The molecule has 2 fully saturated rings. The van der Waals surface area contributed by atoms with Crippen molar-refractivity contribution in [2.75, 3.05) is 6.61 Å². The van der Waals surface area contributed by atoms with E-state index in [9.17, 15) is 4.79 Å². The van der Waals surface area contributed by atoms with Gasteiger partial charge in [0.15, 0.2) is 5.79 Å². The predicted molar refractivity (Wildman–Crippen MR) is 91.4 cm³/mol. The summed E-state index contributed by atoms with van der Waals surface area (Å²) in [5.74, 6) is 1.37. The third-order valence-electron chi connectivity index (χ3n) is 7.54. The summed E-state index contributed by atoms with van der Waals surface area (Å²) >= 11 is 0. The Morgan fingerprint density at radius 2 is 2.08 bits per heavy atom. The number of hydrogen-bond acceptors (Lipinski definition) is 3. The first-order valence-electron chi connectivity index (χ1n) is 9.77. The number of carbonyl (C=O) groups is 1. The Hall–Kier alpha value is -0.930. The van der Waals surface area contributed by atoms with Gasteiger partial charge in [-0.1, -0.05) is 18.6 Å². The molecule has 5 rings (SSSR count). The summed E-state index contributed by atoms with van der Waals surface area (Å²) in [5.41, 5.74) is 4.69. The second-order valence-electron chi connectivity index (χ2n) is 8.90. The molecule has 3 heteroatoms. The summed E-state index contributed by atoms with van der Waals surface area (Å²) in [6.45, 7) is 5.06. The Balaban J connectivity index is 1.47. The Kier molecular flexibility index (Phi) is 3.22. The number of hydrogen-bond donors (Lipinski definition) is 0. The van der Waals surface area contributed by atoms with Crippen molar-refractivity contribution in [2.24, 2.45) is 17.3 Å². The topological polar surface area (TPSA) is 35.5 Å². The van der Waals surface area contributed by atoms with Gasteiger partial charge in [-0.25, -0.2) is 0 Å². The Morgan fingerprint density at radius 1 is 1.21 bits per heavy atom. The van der Waals surface area contributed by atoms with E-state index in [2.05, 4.69) is 19.9 Å². The summed E-state index contributed by atoms with van der Waals surface area (Å²) in [6, 6.07) is 0. The Morgan fingerprint density at radius 3 is 2.88 bits per heavy atom. The molecule has 1 saturated carbocycles. The summed E-state index contributed by atoms with van der Waals surface area (Å²) < 4.78 is 12.2. The van der Waals surface area contributed by atoms with E-state index in [0.29, 0.717) is 17.6 Å². The molecule has 1 heterocycles. The fraction of sp³-hybridized carbons (Fsp3) is 0.762. The summed E-state index contributed by atoms with van der Waals surface area (Å²) in [4.78, 5) is 12.4. The molecule has 0 aromatic carbocycles. The van der Waals surface area contributed by atoms with Gasteiger partial charge in [0.1, 0.15) is 5.78 Å². The quantitative estimate of drug-likeness (QED) is 0.664. The van der Waals surface area contributed by atoms with Crippen molar-refractivity contribution in [2.45, 2.75) is 77.1 Å². The molecule has 1 aliphatic heterocycles. The van der Waals surface area contributed by atoms with Gasteiger partial charge >= 0.3 is 0 Å². The van der Waals surface area contributed by atoms with Crippen molar-refractivity contribution in [3.05, 3.63) is 22.8 Å². The highest BCUT2D eigenvalue weighted by molar-refractivity contribution is 5.87. The van der Waals surface area contributed by atoms with Crippen LogP contribution in [0.15, 0.2) is 22.8 Å². The minimum Gasteiger partial charge on any atom is -0.347 e. The summed E-state index contributed by atoms with van der Waals surface area (Å²) in [7, 11) is 0. The molecule has 1 spiro atoms. The molecule has 3 nitrogen and oxygen atoms in total. The van der Waals surface area contributed by atoms with Crippen LogP contribution < -0.4 is 0 Å². The minimum atomic E-state index is -0.335. The van der Waals surface area contributed by atoms with E-state index in [0.717, 1.165) is 45.1 Å². The predicted octanol–water partition coefficient (Wildman–Crippen LogP) is 4.32. The van der Waals surface area contributed by atoms with E-state index in [-0.39, 0.29) is 17.3 Å². The Labute approximate surface area is 144 Å². The lowest BCUT2D eigenvalue weighted by molar-refractivity contribution is -0.173. The smallest absolute Gasteiger partial charge is 0.172 e. The highest BCUT2D eigenvalue weighted by Crippen LogP contribution is 2.58. The second kappa shape index (κ2) is 5.04. The van der Waals surface area contributed by atoms with Crippen molar-refractivity contribution < 1.29 is 14.3 Å². The molecule has 0 amide bonds. The van der Waals surface area contributed by atoms with Crippen LogP contribution in [0.5, 0.6) is 0 Å². The highest BCUT2D eigenvalue weighted by Gasteiger charge is 2.53. The second-order valence-corrected chi connectivity index (χ2v) is 8.90. The van der Waals surface area contributed by atoms with Crippen LogP contribution in [0, 0.1) is 17.3 Å². The molecule has 130 valence electrons. The van der Waals surface area contributed by atoms with Crippen LogP contribution in [0.2, 0.25) is 0 Å². The maximum absolute atomic E-state index is 12.4. The van der Waals surface area contributed by atoms with Gasteiger partial charge in [0, 0.05) is 24.7 Å². The van der Waals surface area contributed by atoms with Gasteiger partial charge in [-0.05, 0) is 62.0 Å². The van der Waals surface area contributed by atoms with Gasteiger partial charge in [-0.2, -0.15) is 0 Å². The molecule has 24 heavy (non-hydrogen) atoms. The molecule has 4 unspecified atom stereocenters. The van der Waals surface area contributed by atoms with Crippen LogP contribution in [-0.4, -0.2) is 24.3 Å². The fourth-order valence-corrected chi connectivity index (χ4v) is 6.26. The standard InChI is InChI=1S/C21H28O3/c1-13-12-23-21(24-13)10-8-15-14(11-21)3-4-17-16(15)7-9-20(2)18(17)5-6-19(20)22/h7,13,17-18H,3-6,8-12H2,1-2H3/t13?,17?,18?,20-,21?/m0/s1. The van der Waals surface area contributed by atoms with E-state index in [1.54, 1.807) is 16.7 Å². The molecular weight excluding hydrogens is 300 g/mol. The molecule has 1 saturated heterocycles. The largest absolute Gasteiger partial charge is 0.347 e. The molecule has 4 aliphatic carbocycles. The molecule has 5 aliphatic rings. The van der Waals surface area contributed by atoms with E-state index in [1.165, 1.54) is 12.8 Å². The van der Waals surface area contributed by atoms with Gasteiger partial charge in [0.05, 0.1) is 12.7 Å². The lowest BCUT2D eigenvalue weighted by Gasteiger charge is -2.46. The van der Waals surface area contributed by atoms with Gasteiger partial charge in [-0.3, -0.25) is 4.79 Å². The number of ketones is 1. The van der Waals surface area contributed by atoms with Gasteiger partial charge in [0.25, 0.3) is 0 Å². The lowest BCUT2D eigenvalue weighted by atomic mass is 9.58. The molecule has 0 aromatic rings. The van der Waals surface area contributed by atoms with E-state index < -0.39 is 0 Å². The monoisotopic (exact) mass is 328 g/mol. The van der Waals surface area contributed by atoms with Gasteiger partial charge < -0.3 is 9.47 Å². The molecule has 0 bridgehead atoms. The first-order chi connectivity index (χ1) is 11.5. The average molecular weight is 328 g/mol. The molecule has 0 aromatic heterocycles. The third-order valence-corrected chi connectivity index (χ3v) is 7.54. The fourth-order valence-electron chi connectivity index (χ4n) is 6.26. The van der Waals surface area contributed by atoms with Crippen molar-refractivity contribution in [3.63, 3.8) is 0 Å². The summed E-state index contributed by atoms with van der Waals surface area (Å²) in [5, 5.41) is 0. The zero-order chi connectivity index (χ0) is 16.5. The van der Waals surface area contributed by atoms with Crippen molar-refractivity contribution in [3.8, 4) is 0 Å². The lowest BCUT2D eigenvalue weighted by Crippen LogP contribution is -2.41. The number of carbonyl (C=O) groups excluding carboxylic acids is 1. The first-order valence-corrected chi connectivity index (χ1v) is 9.77. The van der Waals surface area contributed by atoms with Gasteiger partial charge in [-0.15, -0.1) is 0 Å². The zero-order valence-corrected chi connectivity index (χ0v) is 14.9. The van der Waals surface area contributed by atoms with Crippen LogP contribution in [-0.2, 0) is 14.3 Å². The van der Waals surface area contributed by atoms with Crippen molar-refractivity contribution in [1.29, 1.82) is 0 Å². The van der Waals surface area contributed by atoms with E-state index in [1.807, 2.05) is 0 Å². The normalized spacial score (nSPS) is 47.5. The summed E-state index contributed by atoms with van der Waals surface area (Å²) in [6.07, 6.45) is 10.9. The third kappa shape index (κ3) is 2.00. The van der Waals surface area contributed by atoms with E-state index in [4.69, 9.17) is 9.47 Å². The molecule has 0 N–H and O–H groups in total. The minimum absolute atomic E-state index is 0.0742. The molecular formula is C21H28O3. The number of fused-ring (bicyclic) bond motifs is 4. The SMILES string of the molecule is CC1COC2(CCC3=C(CCC4C3=CC[C@]3(C)C(=O)CCC43)C2)O1. The van der Waals surface area contributed by atoms with Crippen molar-refractivity contribution >= 4 is 5.78 Å². The van der Waals surface area contributed by atoms with Crippen molar-refractivity contribution in [1.82, 2.24) is 0 Å². The van der Waals surface area contributed by atoms with Crippen LogP contribution >= 0.6 is 0 Å². The number of Topliss-reactive ketones (excluding diaryl/α,β-unsaturated/α-hetero) is 1. The molecule has 0 radical (unpaired) electrons. The average Bonchev–Trinajstić information content (AvgIpc) is 3.07. The van der Waals surface area contributed by atoms with Crippen LogP contribution in [0.4, 0.5) is 0 Å². The van der Waals surface area contributed by atoms with Gasteiger partial charge in [0.2, 0.25) is 0 Å². The first kappa shape index (κ1) is 15.3. The number of rotatable bonds is 0. The van der Waals surface area contributed by atoms with Crippen LogP contribution in [0.3, 0.4) is 0 Å². The highest BCUT2D eigenvalue weighted by atomic mass is 16.7. The zero-order valence-electron chi connectivity index (χ0n) is 14.9. The Bertz CT molecular complexity index is 660. The van der Waals surface area contributed by atoms with E-state index >= 15 is 0 Å². The maximum atomic E-state index is 12.4. The number of ether oxygens (including phenoxy) is 2. The van der Waals surface area contributed by atoms with Crippen LogP contribution in [0.25, 0.3) is 0 Å².